The van der Waals surface area contributed by atoms with Gasteiger partial charge in [-0.05, 0) is 37.2 Å². The molecule has 0 saturated carbocycles. The van der Waals surface area contributed by atoms with Crippen LogP contribution in [0.3, 0.4) is 0 Å². The van der Waals surface area contributed by atoms with Crippen molar-refractivity contribution in [1.82, 2.24) is 19.9 Å². The zero-order chi connectivity index (χ0) is 25.2. The van der Waals surface area contributed by atoms with Gasteiger partial charge in [0.15, 0.2) is 18.2 Å². The van der Waals surface area contributed by atoms with Crippen molar-refractivity contribution in [2.45, 2.75) is 32.0 Å². The lowest BCUT2D eigenvalue weighted by Gasteiger charge is -2.21. The quantitative estimate of drug-likeness (QED) is 0.446. The molecule has 13 heteroatoms. The van der Waals surface area contributed by atoms with E-state index in [9.17, 15) is 23.2 Å². The first-order valence-electron chi connectivity index (χ1n) is 11.3. The number of amides is 2. The maximum absolute atomic E-state index is 12.6. The minimum absolute atomic E-state index is 0.0525. The number of ether oxygens (including phenoxy) is 2. The second kappa shape index (κ2) is 9.85. The number of fused-ring (bicyclic) bond motifs is 2. The van der Waals surface area contributed by atoms with Gasteiger partial charge >= 0.3 is 6.61 Å². The van der Waals surface area contributed by atoms with Crippen LogP contribution < -0.4 is 30.6 Å². The van der Waals surface area contributed by atoms with Crippen LogP contribution in [0.1, 0.15) is 12.8 Å². The van der Waals surface area contributed by atoms with E-state index in [1.165, 1.54) is 29.0 Å². The third kappa shape index (κ3) is 4.96. The fourth-order valence-corrected chi connectivity index (χ4v) is 4.26. The number of halogens is 2. The average molecular weight is 500 g/mol. The van der Waals surface area contributed by atoms with E-state index in [1.807, 2.05) is 0 Å². The van der Waals surface area contributed by atoms with E-state index in [-0.39, 0.29) is 48.0 Å². The number of carbonyl (C=O) groups excluding carboxylic acids is 2. The molecule has 5 rings (SSSR count). The van der Waals surface area contributed by atoms with Crippen LogP contribution in [0.4, 0.5) is 20.4 Å². The topological polar surface area (TPSA) is 128 Å². The van der Waals surface area contributed by atoms with Gasteiger partial charge in [0.05, 0.1) is 17.2 Å². The summed E-state index contributed by atoms with van der Waals surface area (Å²) in [4.78, 5) is 46.5. The molecule has 0 unspecified atom stereocenters. The summed E-state index contributed by atoms with van der Waals surface area (Å²) in [7, 11) is 0. The van der Waals surface area contributed by atoms with Gasteiger partial charge < -0.3 is 24.7 Å². The average Bonchev–Trinajstić information content (AvgIpc) is 3.22. The summed E-state index contributed by atoms with van der Waals surface area (Å²) in [5.41, 5.74) is 0.534. The van der Waals surface area contributed by atoms with Crippen LogP contribution in [0.25, 0.3) is 11.0 Å². The van der Waals surface area contributed by atoms with E-state index in [0.29, 0.717) is 48.7 Å². The van der Waals surface area contributed by atoms with Crippen molar-refractivity contribution in [2.75, 3.05) is 29.9 Å². The summed E-state index contributed by atoms with van der Waals surface area (Å²) >= 11 is 0. The smallest absolute Gasteiger partial charge is 0.387 e. The Balaban J connectivity index is 1.20. The molecular formula is C23H22F2N6O5. The van der Waals surface area contributed by atoms with Crippen molar-refractivity contribution in [3.8, 4) is 11.5 Å². The Hall–Kier alpha value is -4.13. The number of hydrogen-bond donors (Lipinski definition) is 2. The Morgan fingerprint density at radius 2 is 2.08 bits per heavy atom. The minimum atomic E-state index is -2.97. The Morgan fingerprint density at radius 1 is 1.22 bits per heavy atom. The lowest BCUT2D eigenvalue weighted by atomic mass is 10.2. The standard InChI is InChI=1S/C23H22F2N6O5/c24-23(25)36-14-2-3-15-16(9-14)30(21(34)10-27-15)7-1-6-26-13-8-20(33)31(11-13)18-5-4-17-22(28-18)29-19(32)12-35-17/h2-5,9-10,13,23,26H,1,6-8,11-12H2,(H,28,29,32)/t13-/m1/s1. The number of anilines is 2. The first-order chi connectivity index (χ1) is 17.4. The van der Waals surface area contributed by atoms with Crippen molar-refractivity contribution in [1.29, 1.82) is 0 Å². The Labute approximate surface area is 203 Å². The Bertz CT molecular complexity index is 1380. The van der Waals surface area contributed by atoms with Crippen molar-refractivity contribution >= 4 is 34.5 Å². The number of nitrogens with zero attached hydrogens (tertiary/aromatic N) is 4. The summed E-state index contributed by atoms with van der Waals surface area (Å²) < 4.78 is 36.4. The zero-order valence-corrected chi connectivity index (χ0v) is 18.9. The van der Waals surface area contributed by atoms with Gasteiger partial charge in [-0.2, -0.15) is 8.78 Å². The fourth-order valence-electron chi connectivity index (χ4n) is 4.26. The summed E-state index contributed by atoms with van der Waals surface area (Å²) in [5.74, 6) is 0.689. The number of rotatable bonds is 8. The molecule has 4 heterocycles. The van der Waals surface area contributed by atoms with Gasteiger partial charge in [0.1, 0.15) is 11.6 Å². The predicted octanol–water partition coefficient (Wildman–Crippen LogP) is 1.51. The predicted molar refractivity (Wildman–Crippen MR) is 124 cm³/mol. The zero-order valence-electron chi connectivity index (χ0n) is 18.9. The monoisotopic (exact) mass is 500 g/mol. The van der Waals surface area contributed by atoms with E-state index < -0.39 is 6.61 Å². The third-order valence-corrected chi connectivity index (χ3v) is 5.90. The van der Waals surface area contributed by atoms with Gasteiger partial charge in [0, 0.05) is 31.6 Å². The highest BCUT2D eigenvalue weighted by atomic mass is 19.3. The largest absolute Gasteiger partial charge is 0.480 e. The third-order valence-electron chi connectivity index (χ3n) is 5.90. The summed E-state index contributed by atoms with van der Waals surface area (Å²) in [6.07, 6.45) is 2.01. The molecule has 2 N–H and O–H groups in total. The number of nitrogens with one attached hydrogen (secondary N) is 2. The normalized spacial score (nSPS) is 17.3. The first-order valence-corrected chi connectivity index (χ1v) is 11.3. The van der Waals surface area contributed by atoms with Gasteiger partial charge in [-0.25, -0.2) is 9.97 Å². The number of alkyl halides is 2. The molecule has 188 valence electrons. The molecule has 2 aliphatic heterocycles. The minimum Gasteiger partial charge on any atom is -0.480 e. The van der Waals surface area contributed by atoms with Gasteiger partial charge in [0.2, 0.25) is 5.91 Å². The molecule has 1 aromatic carbocycles. The van der Waals surface area contributed by atoms with Crippen LogP contribution in [0.5, 0.6) is 11.5 Å². The maximum atomic E-state index is 12.6. The van der Waals surface area contributed by atoms with Gasteiger partial charge in [-0.15, -0.1) is 0 Å². The molecule has 2 aliphatic rings. The van der Waals surface area contributed by atoms with Crippen LogP contribution >= 0.6 is 0 Å². The van der Waals surface area contributed by atoms with Crippen molar-refractivity contribution in [3.63, 3.8) is 0 Å². The maximum Gasteiger partial charge on any atom is 0.387 e. The van der Waals surface area contributed by atoms with Gasteiger partial charge in [-0.3, -0.25) is 19.3 Å². The molecule has 2 aromatic heterocycles. The van der Waals surface area contributed by atoms with E-state index >= 15 is 0 Å². The molecule has 3 aromatic rings. The molecule has 0 spiro atoms. The SMILES string of the molecule is O=C1COc2ccc(N3C[C@H](NCCCn4c(=O)cnc5ccc(OC(F)F)cc54)CC3=O)nc2N1. The van der Waals surface area contributed by atoms with Crippen molar-refractivity contribution in [3.05, 3.63) is 46.9 Å². The highest BCUT2D eigenvalue weighted by Crippen LogP contribution is 2.30. The van der Waals surface area contributed by atoms with Crippen LogP contribution in [-0.4, -0.2) is 58.7 Å². The van der Waals surface area contributed by atoms with E-state index in [4.69, 9.17) is 4.74 Å². The number of aromatic nitrogens is 3. The summed E-state index contributed by atoms with van der Waals surface area (Å²) in [6, 6.07) is 7.47. The highest BCUT2D eigenvalue weighted by Gasteiger charge is 2.32. The van der Waals surface area contributed by atoms with Crippen LogP contribution in [0.2, 0.25) is 0 Å². The molecule has 11 nitrogen and oxygen atoms in total. The van der Waals surface area contributed by atoms with E-state index in [1.54, 1.807) is 17.0 Å². The van der Waals surface area contributed by atoms with Crippen molar-refractivity contribution in [2.24, 2.45) is 0 Å². The van der Waals surface area contributed by atoms with E-state index in [2.05, 4.69) is 25.3 Å². The molecule has 0 bridgehead atoms. The Morgan fingerprint density at radius 3 is 2.92 bits per heavy atom. The van der Waals surface area contributed by atoms with E-state index in [0.717, 1.165) is 0 Å². The second-order valence-electron chi connectivity index (χ2n) is 8.34. The highest BCUT2D eigenvalue weighted by molar-refractivity contribution is 5.97. The summed E-state index contributed by atoms with van der Waals surface area (Å²) in [5, 5.41) is 5.95. The lowest BCUT2D eigenvalue weighted by Crippen LogP contribution is -2.34. The number of carbonyl (C=O) groups is 2. The molecule has 0 aliphatic carbocycles. The van der Waals surface area contributed by atoms with Gasteiger partial charge in [0.25, 0.3) is 11.5 Å². The molecule has 36 heavy (non-hydrogen) atoms. The number of pyridine rings is 1. The summed E-state index contributed by atoms with van der Waals surface area (Å²) in [6.45, 7) is -1.82. The van der Waals surface area contributed by atoms with Gasteiger partial charge in [-0.1, -0.05) is 0 Å². The molecular weight excluding hydrogens is 478 g/mol. The molecule has 0 radical (unpaired) electrons. The van der Waals surface area contributed by atoms with Crippen LogP contribution in [-0.2, 0) is 16.1 Å². The number of hydrogen-bond acceptors (Lipinski definition) is 8. The Kier molecular flexibility index (Phi) is 6.46. The first kappa shape index (κ1) is 23.6. The molecule has 1 atom stereocenters. The lowest BCUT2D eigenvalue weighted by molar-refractivity contribution is -0.118. The second-order valence-corrected chi connectivity index (χ2v) is 8.34. The number of aryl methyl sites for hydroxylation is 1. The molecule has 2 amide bonds. The van der Waals surface area contributed by atoms with Crippen molar-refractivity contribution < 1.29 is 27.8 Å². The van der Waals surface area contributed by atoms with Crippen LogP contribution in [0, 0.1) is 0 Å². The van der Waals surface area contributed by atoms with Crippen LogP contribution in [0.15, 0.2) is 41.3 Å². The number of benzene rings is 1. The molecule has 1 fully saturated rings. The fraction of sp³-hybridized carbons (Fsp3) is 0.348. The molecule has 1 saturated heterocycles.